The van der Waals surface area contributed by atoms with Gasteiger partial charge in [0.2, 0.25) is 5.91 Å². The molecule has 0 aromatic carbocycles. The molecule has 0 saturated carbocycles. The number of nitrogens with zero attached hydrogens (tertiary/aromatic N) is 2. The van der Waals surface area contributed by atoms with E-state index in [0.29, 0.717) is 30.2 Å². The van der Waals surface area contributed by atoms with Crippen molar-refractivity contribution in [2.45, 2.75) is 31.7 Å². The zero-order valence-corrected chi connectivity index (χ0v) is 17.1. The molecule has 1 unspecified atom stereocenters. The van der Waals surface area contributed by atoms with Gasteiger partial charge in [-0.15, -0.1) is 11.3 Å². The number of aromatic nitrogens is 1. The zero-order valence-electron chi connectivity index (χ0n) is 16.3. The summed E-state index contributed by atoms with van der Waals surface area (Å²) in [5, 5.41) is 2.93. The van der Waals surface area contributed by atoms with Crippen molar-refractivity contribution < 1.29 is 35.9 Å². The number of carbonyl (C=O) groups is 1. The Kier molecular flexibility index (Phi) is 6.68. The first kappa shape index (κ1) is 23.2. The van der Waals surface area contributed by atoms with E-state index in [-0.39, 0.29) is 16.9 Å². The van der Waals surface area contributed by atoms with Crippen molar-refractivity contribution >= 4 is 23.1 Å². The van der Waals surface area contributed by atoms with E-state index in [1.165, 1.54) is 12.1 Å². The van der Waals surface area contributed by atoms with Crippen LogP contribution < -0.4 is 15.0 Å². The van der Waals surface area contributed by atoms with Gasteiger partial charge in [-0.05, 0) is 37.6 Å². The molecule has 1 fully saturated rings. The first-order chi connectivity index (χ1) is 14.4. The second-order valence-corrected chi connectivity index (χ2v) is 8.20. The van der Waals surface area contributed by atoms with Crippen molar-refractivity contribution in [3.63, 3.8) is 0 Å². The number of thiophene rings is 1. The molecule has 1 N–H and O–H groups in total. The topological polar surface area (TPSA) is 54.5 Å². The summed E-state index contributed by atoms with van der Waals surface area (Å²) in [7, 11) is 0. The number of carbonyl (C=O) groups excluding carboxylic acids is 1. The lowest BCUT2D eigenvalue weighted by Crippen LogP contribution is -2.34. The second kappa shape index (κ2) is 8.93. The van der Waals surface area contributed by atoms with E-state index in [1.54, 1.807) is 17.9 Å². The molecule has 1 amide bonds. The minimum Gasteiger partial charge on any atom is -0.475 e. The molecule has 0 spiro atoms. The van der Waals surface area contributed by atoms with Crippen LogP contribution >= 0.6 is 11.3 Å². The lowest BCUT2D eigenvalue weighted by molar-refractivity contribution is -0.153. The molecule has 0 bridgehead atoms. The van der Waals surface area contributed by atoms with Crippen molar-refractivity contribution in [2.24, 2.45) is 5.92 Å². The van der Waals surface area contributed by atoms with Crippen LogP contribution in [-0.2, 0) is 11.0 Å². The van der Waals surface area contributed by atoms with Gasteiger partial charge in [0.05, 0.1) is 17.5 Å². The average Bonchev–Trinajstić information content (AvgIpc) is 3.35. The van der Waals surface area contributed by atoms with Gasteiger partial charge in [0.25, 0.3) is 0 Å². The molecule has 2 aromatic rings. The molecule has 0 aliphatic carbocycles. The highest BCUT2D eigenvalue weighted by molar-refractivity contribution is 7.13. The number of halogens is 6. The zero-order chi connectivity index (χ0) is 22.8. The van der Waals surface area contributed by atoms with E-state index in [9.17, 15) is 31.1 Å². The monoisotopic (exact) mass is 467 g/mol. The first-order valence-corrected chi connectivity index (χ1v) is 10.1. The summed E-state index contributed by atoms with van der Waals surface area (Å²) in [6, 6.07) is 4.81. The summed E-state index contributed by atoms with van der Waals surface area (Å²) in [6.45, 7) is 1.10. The second-order valence-electron chi connectivity index (χ2n) is 7.13. The van der Waals surface area contributed by atoms with Gasteiger partial charge in [-0.2, -0.15) is 26.3 Å². The van der Waals surface area contributed by atoms with Crippen LogP contribution in [0.4, 0.5) is 32.2 Å². The van der Waals surface area contributed by atoms with Crippen molar-refractivity contribution in [1.29, 1.82) is 0 Å². The van der Waals surface area contributed by atoms with Crippen LogP contribution in [0.3, 0.4) is 0 Å². The van der Waals surface area contributed by atoms with Crippen molar-refractivity contribution in [2.75, 3.05) is 24.6 Å². The lowest BCUT2D eigenvalue weighted by atomic mass is 10.1. The summed E-state index contributed by atoms with van der Waals surface area (Å²) in [6.07, 6.45) is -7.62. The van der Waals surface area contributed by atoms with Crippen LogP contribution in [0.2, 0.25) is 0 Å². The largest absolute Gasteiger partial charge is 0.475 e. The number of pyridine rings is 1. The maximum atomic E-state index is 12.7. The Labute approximate surface area is 178 Å². The molecule has 1 aliphatic rings. The molecular weight excluding hydrogens is 448 g/mol. The standard InChI is InChI=1S/C19H19F6N3O2S/c1-11(14-3-5-16(31-14)30-10-18(20,21)22)27-17(29)12-6-7-28(9-12)15-4-2-13(8-26-15)19(23,24)25/h2-5,8,11-12H,6-7,9-10H2,1H3,(H,27,29)/t11?,12-/m1/s1. The van der Waals surface area contributed by atoms with E-state index >= 15 is 0 Å². The van der Waals surface area contributed by atoms with Crippen LogP contribution in [0.5, 0.6) is 5.06 Å². The van der Waals surface area contributed by atoms with Crippen molar-refractivity contribution in [1.82, 2.24) is 10.3 Å². The normalized spacial score (nSPS) is 18.2. The maximum absolute atomic E-state index is 12.7. The molecule has 12 heteroatoms. The molecule has 2 aromatic heterocycles. The summed E-state index contributed by atoms with van der Waals surface area (Å²) in [5.74, 6) is -0.262. The minimum absolute atomic E-state index is 0.105. The third-order valence-electron chi connectivity index (χ3n) is 4.72. The fraction of sp³-hybridized carbons (Fsp3) is 0.474. The van der Waals surface area contributed by atoms with E-state index < -0.39 is 30.6 Å². The molecule has 5 nitrogen and oxygen atoms in total. The van der Waals surface area contributed by atoms with Gasteiger partial charge in [0.1, 0.15) is 5.82 Å². The summed E-state index contributed by atoms with van der Waals surface area (Å²) in [5.41, 5.74) is -0.840. The fourth-order valence-corrected chi connectivity index (χ4v) is 3.98. The van der Waals surface area contributed by atoms with Gasteiger partial charge in [0, 0.05) is 24.2 Å². The SMILES string of the molecule is CC(NC(=O)[C@@H]1CCN(c2ccc(C(F)(F)F)cn2)C1)c1ccc(OCC(F)(F)F)s1. The Hall–Kier alpha value is -2.50. The molecule has 0 radical (unpaired) electrons. The minimum atomic E-state index is -4.46. The molecule has 1 aliphatic heterocycles. The number of hydrogen-bond acceptors (Lipinski definition) is 5. The van der Waals surface area contributed by atoms with Gasteiger partial charge in [-0.1, -0.05) is 0 Å². The number of amides is 1. The van der Waals surface area contributed by atoms with Crippen molar-refractivity contribution in [3.05, 3.63) is 40.9 Å². The van der Waals surface area contributed by atoms with Gasteiger partial charge in [-0.3, -0.25) is 4.79 Å². The molecule has 2 atom stereocenters. The Morgan fingerprint density at radius 3 is 2.61 bits per heavy atom. The molecule has 3 heterocycles. The van der Waals surface area contributed by atoms with E-state index in [1.807, 2.05) is 0 Å². The highest BCUT2D eigenvalue weighted by Crippen LogP contribution is 2.32. The van der Waals surface area contributed by atoms with Gasteiger partial charge in [-0.25, -0.2) is 4.98 Å². The van der Waals surface area contributed by atoms with Gasteiger partial charge in [0.15, 0.2) is 11.7 Å². The summed E-state index contributed by atoms with van der Waals surface area (Å²) in [4.78, 5) is 18.8. The fourth-order valence-electron chi connectivity index (χ4n) is 3.12. The average molecular weight is 467 g/mol. The number of anilines is 1. The number of rotatable bonds is 6. The molecule has 170 valence electrons. The molecule has 1 saturated heterocycles. The van der Waals surface area contributed by atoms with Gasteiger partial charge < -0.3 is 15.0 Å². The summed E-state index contributed by atoms with van der Waals surface area (Å²) < 4.78 is 79.4. The predicted molar refractivity (Wildman–Crippen MR) is 102 cm³/mol. The number of alkyl halides is 6. The highest BCUT2D eigenvalue weighted by Gasteiger charge is 2.33. The Morgan fingerprint density at radius 1 is 1.26 bits per heavy atom. The predicted octanol–water partition coefficient (Wildman–Crippen LogP) is 4.81. The highest BCUT2D eigenvalue weighted by atomic mass is 32.1. The number of ether oxygens (including phenoxy) is 1. The van der Waals surface area contributed by atoms with Crippen LogP contribution in [0.1, 0.15) is 29.8 Å². The Morgan fingerprint density at radius 2 is 2.00 bits per heavy atom. The smallest absolute Gasteiger partial charge is 0.422 e. The molecule has 3 rings (SSSR count). The molecular formula is C19H19F6N3O2S. The molecule has 31 heavy (non-hydrogen) atoms. The summed E-state index contributed by atoms with van der Waals surface area (Å²) >= 11 is 1.02. The van der Waals surface area contributed by atoms with Crippen LogP contribution in [0.25, 0.3) is 0 Å². The van der Waals surface area contributed by atoms with Gasteiger partial charge >= 0.3 is 12.4 Å². The van der Waals surface area contributed by atoms with E-state index in [4.69, 9.17) is 4.74 Å². The quantitative estimate of drug-likeness (QED) is 0.620. The number of hydrogen-bond donors (Lipinski definition) is 1. The lowest BCUT2D eigenvalue weighted by Gasteiger charge is -2.19. The third-order valence-corrected chi connectivity index (χ3v) is 5.90. The maximum Gasteiger partial charge on any atom is 0.422 e. The Balaban J connectivity index is 1.53. The van der Waals surface area contributed by atoms with E-state index in [0.717, 1.165) is 23.6 Å². The van der Waals surface area contributed by atoms with Crippen LogP contribution in [0.15, 0.2) is 30.5 Å². The van der Waals surface area contributed by atoms with Crippen LogP contribution in [-0.4, -0.2) is 36.8 Å². The van der Waals surface area contributed by atoms with Crippen LogP contribution in [0, 0.1) is 5.92 Å². The van der Waals surface area contributed by atoms with E-state index in [2.05, 4.69) is 10.3 Å². The van der Waals surface area contributed by atoms with Crippen molar-refractivity contribution in [3.8, 4) is 5.06 Å². The first-order valence-electron chi connectivity index (χ1n) is 9.30. The number of nitrogens with one attached hydrogen (secondary N) is 1. The Bertz CT molecular complexity index is 897. The third kappa shape index (κ3) is 6.25.